The van der Waals surface area contributed by atoms with Crippen LogP contribution < -0.4 is 20.1 Å². The van der Waals surface area contributed by atoms with E-state index in [0.717, 1.165) is 22.3 Å². The van der Waals surface area contributed by atoms with Crippen LogP contribution in [0.1, 0.15) is 31.8 Å². The summed E-state index contributed by atoms with van der Waals surface area (Å²) < 4.78 is 10.6. The van der Waals surface area contributed by atoms with Crippen LogP contribution >= 0.6 is 23.2 Å². The number of methoxy groups -OCH3 is 2. The number of nitrogens with one attached hydrogen (secondary N) is 2. The van der Waals surface area contributed by atoms with E-state index in [-0.39, 0.29) is 11.8 Å². The Labute approximate surface area is 231 Å². The van der Waals surface area contributed by atoms with Gasteiger partial charge in [0.25, 0.3) is 11.8 Å². The average Bonchev–Trinajstić information content (AvgIpc) is 2.90. The van der Waals surface area contributed by atoms with Gasteiger partial charge in [-0.05, 0) is 96.8 Å². The third-order valence-corrected chi connectivity index (χ3v) is 6.57. The topological polar surface area (TPSA) is 76.7 Å². The maximum Gasteiger partial charge on any atom is 0.259 e. The molecule has 0 spiro atoms. The van der Waals surface area contributed by atoms with Gasteiger partial charge >= 0.3 is 0 Å². The van der Waals surface area contributed by atoms with Crippen molar-refractivity contribution >= 4 is 46.4 Å². The highest BCUT2D eigenvalue weighted by molar-refractivity contribution is 6.31. The van der Waals surface area contributed by atoms with Crippen LogP contribution in [0.5, 0.6) is 11.5 Å². The van der Waals surface area contributed by atoms with Crippen molar-refractivity contribution in [2.24, 2.45) is 0 Å². The van der Waals surface area contributed by atoms with E-state index < -0.39 is 0 Å². The summed E-state index contributed by atoms with van der Waals surface area (Å²) in [6, 6.07) is 21.4. The zero-order valence-electron chi connectivity index (χ0n) is 21.3. The number of carbonyl (C=O) groups excluding carboxylic acids is 2. The normalized spacial score (nSPS) is 10.6. The van der Waals surface area contributed by atoms with Gasteiger partial charge < -0.3 is 20.1 Å². The lowest BCUT2D eigenvalue weighted by molar-refractivity contribution is 0.101. The molecule has 2 amide bonds. The Balaban J connectivity index is 1.52. The highest BCUT2D eigenvalue weighted by atomic mass is 35.5. The standard InChI is InChI=1S/C30H26Cl2N2O4/c1-17-13-19(5-9-25(17)33-29(35)23-15-21(31)7-11-27(23)37-3)20-6-10-26(18(2)14-20)34-30(36)24-16-22(32)8-12-28(24)38-4/h5-16H,1-4H3,(H,33,35)(H,34,36). The molecule has 4 rings (SSSR count). The Morgan fingerprint density at radius 2 is 1.00 bits per heavy atom. The van der Waals surface area contributed by atoms with E-state index >= 15 is 0 Å². The number of aryl methyl sites for hydroxylation is 2. The SMILES string of the molecule is COc1ccc(Cl)cc1C(=O)Nc1ccc(-c2ccc(NC(=O)c3cc(Cl)ccc3OC)c(C)c2)cc1C. The number of anilines is 2. The first-order valence-corrected chi connectivity index (χ1v) is 12.5. The van der Waals surface area contributed by atoms with E-state index in [9.17, 15) is 9.59 Å². The number of hydrogen-bond donors (Lipinski definition) is 2. The molecular weight excluding hydrogens is 523 g/mol. The number of benzene rings is 4. The van der Waals surface area contributed by atoms with Crippen molar-refractivity contribution in [3.63, 3.8) is 0 Å². The summed E-state index contributed by atoms with van der Waals surface area (Å²) in [6.07, 6.45) is 0. The first-order valence-electron chi connectivity index (χ1n) is 11.7. The van der Waals surface area contributed by atoms with Crippen LogP contribution in [0, 0.1) is 13.8 Å². The van der Waals surface area contributed by atoms with Gasteiger partial charge in [0, 0.05) is 21.4 Å². The molecule has 0 aliphatic carbocycles. The van der Waals surface area contributed by atoms with E-state index in [0.29, 0.717) is 44.0 Å². The molecule has 6 nitrogen and oxygen atoms in total. The zero-order valence-corrected chi connectivity index (χ0v) is 22.8. The largest absolute Gasteiger partial charge is 0.496 e. The summed E-state index contributed by atoms with van der Waals surface area (Å²) in [4.78, 5) is 25.8. The summed E-state index contributed by atoms with van der Waals surface area (Å²) in [5.41, 5.74) is 5.78. The van der Waals surface area contributed by atoms with Crippen LogP contribution in [-0.4, -0.2) is 26.0 Å². The van der Waals surface area contributed by atoms with Crippen LogP contribution in [0.4, 0.5) is 11.4 Å². The second-order valence-corrected chi connectivity index (χ2v) is 9.53. The van der Waals surface area contributed by atoms with E-state index in [4.69, 9.17) is 32.7 Å². The fourth-order valence-electron chi connectivity index (χ4n) is 4.06. The van der Waals surface area contributed by atoms with Gasteiger partial charge in [-0.1, -0.05) is 35.3 Å². The van der Waals surface area contributed by atoms with Gasteiger partial charge in [-0.2, -0.15) is 0 Å². The van der Waals surface area contributed by atoms with Gasteiger partial charge in [0.2, 0.25) is 0 Å². The molecule has 0 saturated heterocycles. The molecule has 0 aliphatic rings. The van der Waals surface area contributed by atoms with Gasteiger partial charge in [0.15, 0.2) is 0 Å². The number of hydrogen-bond acceptors (Lipinski definition) is 4. The van der Waals surface area contributed by atoms with Crippen molar-refractivity contribution in [2.45, 2.75) is 13.8 Å². The van der Waals surface area contributed by atoms with Crippen molar-refractivity contribution in [1.82, 2.24) is 0 Å². The van der Waals surface area contributed by atoms with Crippen molar-refractivity contribution in [3.8, 4) is 22.6 Å². The molecular formula is C30H26Cl2N2O4. The molecule has 0 heterocycles. The smallest absolute Gasteiger partial charge is 0.259 e. The van der Waals surface area contributed by atoms with Crippen LogP contribution in [-0.2, 0) is 0 Å². The fraction of sp³-hybridized carbons (Fsp3) is 0.133. The Morgan fingerprint density at radius 3 is 1.34 bits per heavy atom. The van der Waals surface area contributed by atoms with Crippen LogP contribution in [0.3, 0.4) is 0 Å². The van der Waals surface area contributed by atoms with Crippen LogP contribution in [0.15, 0.2) is 72.8 Å². The minimum atomic E-state index is -0.313. The molecule has 8 heteroatoms. The van der Waals surface area contributed by atoms with Crippen LogP contribution in [0.2, 0.25) is 10.0 Å². The van der Waals surface area contributed by atoms with Crippen molar-refractivity contribution < 1.29 is 19.1 Å². The van der Waals surface area contributed by atoms with Gasteiger partial charge in [0.05, 0.1) is 25.3 Å². The van der Waals surface area contributed by atoms with Gasteiger partial charge in [0.1, 0.15) is 11.5 Å². The van der Waals surface area contributed by atoms with Crippen molar-refractivity contribution in [1.29, 1.82) is 0 Å². The monoisotopic (exact) mass is 548 g/mol. The number of rotatable bonds is 7. The van der Waals surface area contributed by atoms with E-state index in [1.54, 1.807) is 36.4 Å². The summed E-state index contributed by atoms with van der Waals surface area (Å²) in [5.74, 6) is 0.259. The zero-order chi connectivity index (χ0) is 27.4. The molecule has 0 radical (unpaired) electrons. The highest BCUT2D eigenvalue weighted by Gasteiger charge is 2.16. The molecule has 194 valence electrons. The number of halogens is 2. The maximum absolute atomic E-state index is 12.9. The van der Waals surface area contributed by atoms with Crippen LogP contribution in [0.25, 0.3) is 11.1 Å². The highest BCUT2D eigenvalue weighted by Crippen LogP contribution is 2.30. The molecule has 4 aromatic rings. The third-order valence-electron chi connectivity index (χ3n) is 6.09. The molecule has 0 saturated carbocycles. The fourth-order valence-corrected chi connectivity index (χ4v) is 4.41. The first-order chi connectivity index (χ1) is 18.2. The second kappa shape index (κ2) is 11.6. The second-order valence-electron chi connectivity index (χ2n) is 8.66. The minimum absolute atomic E-state index is 0.313. The maximum atomic E-state index is 12.9. The molecule has 38 heavy (non-hydrogen) atoms. The molecule has 0 atom stereocenters. The summed E-state index contributed by atoms with van der Waals surface area (Å²) in [7, 11) is 3.01. The quantitative estimate of drug-likeness (QED) is 0.247. The molecule has 0 fully saturated rings. The number of carbonyl (C=O) groups is 2. The predicted octanol–water partition coefficient (Wildman–Crippen LogP) is 7.80. The Bertz CT molecular complexity index is 1420. The number of amides is 2. The van der Waals surface area contributed by atoms with Crippen molar-refractivity contribution in [3.05, 3.63) is 105 Å². The third kappa shape index (κ3) is 5.93. The molecule has 0 bridgehead atoms. The minimum Gasteiger partial charge on any atom is -0.496 e. The molecule has 2 N–H and O–H groups in total. The summed E-state index contributed by atoms with van der Waals surface area (Å²) in [5, 5.41) is 6.76. The van der Waals surface area contributed by atoms with Gasteiger partial charge in [-0.25, -0.2) is 0 Å². The van der Waals surface area contributed by atoms with Gasteiger partial charge in [-0.15, -0.1) is 0 Å². The molecule has 0 unspecified atom stereocenters. The molecule has 4 aromatic carbocycles. The average molecular weight is 549 g/mol. The van der Waals surface area contributed by atoms with E-state index in [1.807, 2.05) is 50.2 Å². The number of ether oxygens (including phenoxy) is 2. The summed E-state index contributed by atoms with van der Waals surface area (Å²) >= 11 is 12.1. The van der Waals surface area contributed by atoms with Gasteiger partial charge in [-0.3, -0.25) is 9.59 Å². The lowest BCUT2D eigenvalue weighted by Gasteiger charge is -2.14. The summed E-state index contributed by atoms with van der Waals surface area (Å²) in [6.45, 7) is 3.85. The van der Waals surface area contributed by atoms with E-state index in [2.05, 4.69) is 10.6 Å². The Hall–Kier alpha value is -4.00. The Kier molecular flexibility index (Phi) is 8.25. The molecule has 0 aliphatic heterocycles. The van der Waals surface area contributed by atoms with Crippen molar-refractivity contribution in [2.75, 3.05) is 24.9 Å². The van der Waals surface area contributed by atoms with E-state index in [1.165, 1.54) is 14.2 Å². The molecule has 0 aromatic heterocycles. The predicted molar refractivity (Wildman–Crippen MR) is 153 cm³/mol. The first kappa shape index (κ1) is 27.0. The lowest BCUT2D eigenvalue weighted by Crippen LogP contribution is -2.14. The lowest BCUT2D eigenvalue weighted by atomic mass is 9.99. The Morgan fingerprint density at radius 1 is 0.605 bits per heavy atom.